The molecular formula is C15H19ClN2O4. The van der Waals surface area contributed by atoms with E-state index in [2.05, 4.69) is 10.6 Å². The van der Waals surface area contributed by atoms with Crippen LogP contribution >= 0.6 is 11.6 Å². The van der Waals surface area contributed by atoms with E-state index in [0.717, 1.165) is 6.42 Å². The number of carbonyl (C=O) groups excluding carboxylic acids is 3. The van der Waals surface area contributed by atoms with Crippen LogP contribution in [0, 0.1) is 0 Å². The van der Waals surface area contributed by atoms with Gasteiger partial charge in [-0.05, 0) is 31.5 Å². The zero-order valence-corrected chi connectivity index (χ0v) is 13.3. The number of rotatable bonds is 7. The van der Waals surface area contributed by atoms with Gasteiger partial charge in [0.1, 0.15) is 6.04 Å². The van der Waals surface area contributed by atoms with Gasteiger partial charge in [0.25, 0.3) is 5.91 Å². The van der Waals surface area contributed by atoms with E-state index in [-0.39, 0.29) is 11.5 Å². The van der Waals surface area contributed by atoms with E-state index in [1.807, 2.05) is 6.92 Å². The van der Waals surface area contributed by atoms with Crippen LogP contribution in [0.4, 0.5) is 0 Å². The second-order valence-corrected chi connectivity index (χ2v) is 5.10. The van der Waals surface area contributed by atoms with Crippen molar-refractivity contribution in [2.24, 2.45) is 0 Å². The van der Waals surface area contributed by atoms with E-state index in [4.69, 9.17) is 16.3 Å². The van der Waals surface area contributed by atoms with Crippen molar-refractivity contribution in [2.75, 3.05) is 13.2 Å². The van der Waals surface area contributed by atoms with Gasteiger partial charge in [0.05, 0.1) is 5.56 Å². The van der Waals surface area contributed by atoms with Crippen LogP contribution in [0.15, 0.2) is 24.3 Å². The SMILES string of the molecule is CCCNC(=O)[C@H](C)NC(=O)COC(=O)c1cccc(Cl)c1. The highest BCUT2D eigenvalue weighted by Crippen LogP contribution is 2.11. The number of hydrogen-bond donors (Lipinski definition) is 2. The predicted molar refractivity (Wildman–Crippen MR) is 82.6 cm³/mol. The third kappa shape index (κ3) is 6.13. The van der Waals surface area contributed by atoms with Crippen LogP contribution in [0.1, 0.15) is 30.6 Å². The lowest BCUT2D eigenvalue weighted by molar-refractivity contribution is -0.130. The highest BCUT2D eigenvalue weighted by Gasteiger charge is 2.16. The molecule has 1 aromatic carbocycles. The van der Waals surface area contributed by atoms with Gasteiger partial charge >= 0.3 is 5.97 Å². The third-order valence-corrected chi connectivity index (χ3v) is 2.95. The molecule has 1 aromatic rings. The van der Waals surface area contributed by atoms with Gasteiger partial charge in [0.15, 0.2) is 6.61 Å². The summed E-state index contributed by atoms with van der Waals surface area (Å²) in [7, 11) is 0. The summed E-state index contributed by atoms with van der Waals surface area (Å²) in [6, 6.07) is 5.53. The fourth-order valence-electron chi connectivity index (χ4n) is 1.58. The normalized spacial score (nSPS) is 11.4. The number of halogens is 1. The van der Waals surface area contributed by atoms with Crippen molar-refractivity contribution < 1.29 is 19.1 Å². The van der Waals surface area contributed by atoms with E-state index >= 15 is 0 Å². The van der Waals surface area contributed by atoms with Crippen molar-refractivity contribution in [1.82, 2.24) is 10.6 Å². The van der Waals surface area contributed by atoms with Crippen LogP contribution in [0.2, 0.25) is 5.02 Å². The zero-order valence-electron chi connectivity index (χ0n) is 12.5. The molecule has 1 atom stereocenters. The molecule has 0 radical (unpaired) electrons. The van der Waals surface area contributed by atoms with Crippen molar-refractivity contribution in [3.8, 4) is 0 Å². The average molecular weight is 327 g/mol. The number of benzene rings is 1. The molecule has 0 saturated heterocycles. The summed E-state index contributed by atoms with van der Waals surface area (Å²) in [6.07, 6.45) is 0.809. The fraction of sp³-hybridized carbons (Fsp3) is 0.400. The lowest BCUT2D eigenvalue weighted by Gasteiger charge is -2.13. The number of hydrogen-bond acceptors (Lipinski definition) is 4. The van der Waals surface area contributed by atoms with Crippen LogP contribution in [-0.4, -0.2) is 37.0 Å². The maximum Gasteiger partial charge on any atom is 0.338 e. The summed E-state index contributed by atoms with van der Waals surface area (Å²) >= 11 is 5.77. The molecule has 0 heterocycles. The summed E-state index contributed by atoms with van der Waals surface area (Å²) in [4.78, 5) is 34.9. The molecule has 6 nitrogen and oxygen atoms in total. The van der Waals surface area contributed by atoms with Gasteiger partial charge in [-0.3, -0.25) is 9.59 Å². The van der Waals surface area contributed by atoms with Crippen molar-refractivity contribution in [3.05, 3.63) is 34.9 Å². The maximum atomic E-state index is 11.7. The molecule has 0 unspecified atom stereocenters. The first kappa shape index (κ1) is 18.0. The zero-order chi connectivity index (χ0) is 16.5. The lowest BCUT2D eigenvalue weighted by atomic mass is 10.2. The first-order chi connectivity index (χ1) is 10.4. The quantitative estimate of drug-likeness (QED) is 0.744. The molecule has 0 aliphatic heterocycles. The van der Waals surface area contributed by atoms with E-state index < -0.39 is 24.5 Å². The van der Waals surface area contributed by atoms with Crippen LogP contribution in [0.3, 0.4) is 0 Å². The highest BCUT2D eigenvalue weighted by atomic mass is 35.5. The molecule has 0 aromatic heterocycles. The molecular weight excluding hydrogens is 308 g/mol. The Bertz CT molecular complexity index is 548. The van der Waals surface area contributed by atoms with Gasteiger partial charge < -0.3 is 15.4 Å². The van der Waals surface area contributed by atoms with Crippen LogP contribution in [-0.2, 0) is 14.3 Å². The summed E-state index contributed by atoms with van der Waals surface area (Å²) in [5.74, 6) is -1.48. The summed E-state index contributed by atoms with van der Waals surface area (Å²) in [5, 5.41) is 5.51. The third-order valence-electron chi connectivity index (χ3n) is 2.71. The van der Waals surface area contributed by atoms with Gasteiger partial charge in [0.2, 0.25) is 5.91 Å². The van der Waals surface area contributed by atoms with Gasteiger partial charge in [-0.2, -0.15) is 0 Å². The Kier molecular flexibility index (Phi) is 7.39. The number of amides is 2. The molecule has 2 amide bonds. The Balaban J connectivity index is 2.39. The standard InChI is InChI=1S/C15H19ClN2O4/c1-3-7-17-14(20)10(2)18-13(19)9-22-15(21)11-5-4-6-12(16)8-11/h4-6,8,10H,3,7,9H2,1-2H3,(H,17,20)(H,18,19)/t10-/m0/s1. The van der Waals surface area contributed by atoms with E-state index in [9.17, 15) is 14.4 Å². The Morgan fingerprint density at radius 3 is 2.68 bits per heavy atom. The number of esters is 1. The minimum atomic E-state index is -0.691. The maximum absolute atomic E-state index is 11.7. The summed E-state index contributed by atoms with van der Waals surface area (Å²) < 4.78 is 4.87. The minimum absolute atomic E-state index is 0.258. The number of nitrogens with one attached hydrogen (secondary N) is 2. The first-order valence-electron chi connectivity index (χ1n) is 6.93. The van der Waals surface area contributed by atoms with E-state index in [1.165, 1.54) is 12.1 Å². The second kappa shape index (κ2) is 9.04. The monoisotopic (exact) mass is 326 g/mol. The van der Waals surface area contributed by atoms with Gasteiger partial charge in [0, 0.05) is 11.6 Å². The molecule has 0 saturated carbocycles. The van der Waals surface area contributed by atoms with Gasteiger partial charge in [-0.25, -0.2) is 4.79 Å². The van der Waals surface area contributed by atoms with Crippen molar-refractivity contribution in [1.29, 1.82) is 0 Å². The summed E-state index contributed by atoms with van der Waals surface area (Å²) in [5.41, 5.74) is 0.258. The molecule has 0 aliphatic carbocycles. The molecule has 0 aliphatic rings. The van der Waals surface area contributed by atoms with Crippen LogP contribution in [0.5, 0.6) is 0 Å². The fourth-order valence-corrected chi connectivity index (χ4v) is 1.77. The van der Waals surface area contributed by atoms with E-state index in [1.54, 1.807) is 19.1 Å². The van der Waals surface area contributed by atoms with E-state index in [0.29, 0.717) is 11.6 Å². The molecule has 120 valence electrons. The topological polar surface area (TPSA) is 84.5 Å². The highest BCUT2D eigenvalue weighted by molar-refractivity contribution is 6.30. The van der Waals surface area contributed by atoms with Crippen molar-refractivity contribution in [3.63, 3.8) is 0 Å². The first-order valence-corrected chi connectivity index (χ1v) is 7.31. The van der Waals surface area contributed by atoms with Crippen LogP contribution in [0.25, 0.3) is 0 Å². The molecule has 0 spiro atoms. The Hall–Kier alpha value is -2.08. The average Bonchev–Trinajstić information content (AvgIpc) is 2.50. The Morgan fingerprint density at radius 1 is 1.32 bits per heavy atom. The van der Waals surface area contributed by atoms with Gasteiger partial charge in [-0.15, -0.1) is 0 Å². The van der Waals surface area contributed by atoms with Crippen molar-refractivity contribution in [2.45, 2.75) is 26.3 Å². The predicted octanol–water partition coefficient (Wildman–Crippen LogP) is 1.53. The summed E-state index contributed by atoms with van der Waals surface area (Å²) in [6.45, 7) is 3.57. The Morgan fingerprint density at radius 2 is 2.05 bits per heavy atom. The minimum Gasteiger partial charge on any atom is -0.452 e. The van der Waals surface area contributed by atoms with Gasteiger partial charge in [-0.1, -0.05) is 24.6 Å². The Labute approximate surface area is 134 Å². The molecule has 7 heteroatoms. The van der Waals surface area contributed by atoms with Crippen molar-refractivity contribution >= 4 is 29.4 Å². The second-order valence-electron chi connectivity index (χ2n) is 4.67. The lowest BCUT2D eigenvalue weighted by Crippen LogP contribution is -2.46. The largest absolute Gasteiger partial charge is 0.452 e. The van der Waals surface area contributed by atoms with Crippen LogP contribution < -0.4 is 10.6 Å². The molecule has 0 fully saturated rings. The molecule has 0 bridgehead atoms. The number of carbonyl (C=O) groups is 3. The molecule has 22 heavy (non-hydrogen) atoms. The number of ether oxygens (including phenoxy) is 1. The molecule has 1 rings (SSSR count). The molecule has 2 N–H and O–H groups in total. The smallest absolute Gasteiger partial charge is 0.338 e.